The van der Waals surface area contributed by atoms with Crippen molar-refractivity contribution in [2.24, 2.45) is 7.05 Å². The van der Waals surface area contributed by atoms with Gasteiger partial charge >= 0.3 is 0 Å². The van der Waals surface area contributed by atoms with Crippen LogP contribution in [-0.4, -0.2) is 43.7 Å². The zero-order valence-electron chi connectivity index (χ0n) is 16.6. The maximum Gasteiger partial charge on any atom is 0.257 e. The van der Waals surface area contributed by atoms with E-state index >= 15 is 0 Å². The normalized spacial score (nSPS) is 13.7. The molecule has 1 N–H and O–H groups in total. The molecule has 0 bridgehead atoms. The highest BCUT2D eigenvalue weighted by atomic mass is 16.1. The van der Waals surface area contributed by atoms with Crippen LogP contribution in [0.2, 0.25) is 0 Å². The van der Waals surface area contributed by atoms with Gasteiger partial charge in [0.2, 0.25) is 0 Å². The van der Waals surface area contributed by atoms with E-state index in [0.717, 1.165) is 53.9 Å². The molecule has 4 heterocycles. The van der Waals surface area contributed by atoms with Crippen molar-refractivity contribution in [1.82, 2.24) is 24.7 Å². The minimum atomic E-state index is -0.228. The predicted molar refractivity (Wildman–Crippen MR) is 115 cm³/mol. The number of fused-ring (bicyclic) bond motifs is 1. The van der Waals surface area contributed by atoms with Crippen molar-refractivity contribution < 1.29 is 4.79 Å². The quantitative estimate of drug-likeness (QED) is 0.567. The minimum absolute atomic E-state index is 0.228. The average Bonchev–Trinajstić information content (AvgIpc) is 3.45. The summed E-state index contributed by atoms with van der Waals surface area (Å²) in [5.41, 5.74) is 3.35. The lowest BCUT2D eigenvalue weighted by atomic mass is 10.1. The topological polar surface area (TPSA) is 88.8 Å². The number of nitrogens with one attached hydrogen (secondary N) is 1. The highest BCUT2D eigenvalue weighted by Crippen LogP contribution is 2.24. The van der Waals surface area contributed by atoms with Crippen molar-refractivity contribution in [3.05, 3.63) is 60.7 Å². The second-order valence-electron chi connectivity index (χ2n) is 7.44. The van der Waals surface area contributed by atoms with Gasteiger partial charge in [0, 0.05) is 42.8 Å². The number of amides is 1. The number of aromatic nitrogens is 5. The van der Waals surface area contributed by atoms with E-state index in [1.807, 2.05) is 48.1 Å². The maximum atomic E-state index is 12.8. The fourth-order valence-corrected chi connectivity index (χ4v) is 3.77. The molecular weight excluding hydrogens is 378 g/mol. The van der Waals surface area contributed by atoms with Gasteiger partial charge < -0.3 is 14.8 Å². The molecule has 1 saturated heterocycles. The number of hydrogen-bond donors (Lipinski definition) is 1. The minimum Gasteiger partial charge on any atom is -0.357 e. The Kier molecular flexibility index (Phi) is 4.59. The summed E-state index contributed by atoms with van der Waals surface area (Å²) >= 11 is 0. The van der Waals surface area contributed by atoms with Crippen LogP contribution in [0.25, 0.3) is 22.2 Å². The molecule has 1 fully saturated rings. The number of aryl methyl sites for hydroxylation is 1. The number of carbonyl (C=O) groups is 1. The first kappa shape index (κ1) is 18.2. The molecule has 4 aromatic rings. The lowest BCUT2D eigenvalue weighted by molar-refractivity contribution is 0.102. The van der Waals surface area contributed by atoms with E-state index in [1.54, 1.807) is 18.6 Å². The Bertz CT molecular complexity index is 1230. The molecule has 8 heteroatoms. The number of nitrogens with zero attached hydrogens (tertiary/aromatic N) is 6. The summed E-state index contributed by atoms with van der Waals surface area (Å²) in [6.07, 6.45) is 7.58. The van der Waals surface area contributed by atoms with Gasteiger partial charge in [0.05, 0.1) is 23.7 Å². The van der Waals surface area contributed by atoms with Gasteiger partial charge in [-0.3, -0.25) is 4.79 Å². The number of rotatable bonds is 4. The summed E-state index contributed by atoms with van der Waals surface area (Å²) < 4.78 is 1.96. The van der Waals surface area contributed by atoms with Crippen molar-refractivity contribution in [1.29, 1.82) is 0 Å². The van der Waals surface area contributed by atoms with Gasteiger partial charge in [0.25, 0.3) is 5.91 Å². The van der Waals surface area contributed by atoms with Crippen LogP contribution in [0.1, 0.15) is 23.2 Å². The number of benzene rings is 1. The lowest BCUT2D eigenvalue weighted by Crippen LogP contribution is -2.20. The molecule has 8 nitrogen and oxygen atoms in total. The Morgan fingerprint density at radius 2 is 1.93 bits per heavy atom. The first-order valence-corrected chi connectivity index (χ1v) is 9.94. The molecular formula is C22H21N7O. The Labute approximate surface area is 173 Å². The predicted octanol–water partition coefficient (Wildman–Crippen LogP) is 3.28. The van der Waals surface area contributed by atoms with E-state index in [-0.39, 0.29) is 5.91 Å². The number of pyridine rings is 1. The van der Waals surface area contributed by atoms with Crippen LogP contribution in [0.4, 0.5) is 11.6 Å². The SMILES string of the molecule is Cn1cncc1-c1ccc2nnc(NC(=O)c3ccnc(N4CCCC4)c3)cc2c1. The molecule has 1 aliphatic heterocycles. The van der Waals surface area contributed by atoms with Crippen LogP contribution in [0.15, 0.2) is 55.1 Å². The molecule has 1 aliphatic rings. The molecule has 0 spiro atoms. The third-order valence-corrected chi connectivity index (χ3v) is 5.38. The highest BCUT2D eigenvalue weighted by Gasteiger charge is 2.16. The van der Waals surface area contributed by atoms with Gasteiger partial charge in [0.15, 0.2) is 5.82 Å². The summed E-state index contributed by atoms with van der Waals surface area (Å²) in [6, 6.07) is 11.3. The van der Waals surface area contributed by atoms with E-state index in [2.05, 4.69) is 30.4 Å². The molecule has 1 amide bonds. The Morgan fingerprint density at radius 1 is 1.07 bits per heavy atom. The largest absolute Gasteiger partial charge is 0.357 e. The van der Waals surface area contributed by atoms with Gasteiger partial charge in [-0.1, -0.05) is 6.07 Å². The first-order chi connectivity index (χ1) is 14.7. The van der Waals surface area contributed by atoms with E-state index < -0.39 is 0 Å². The number of carbonyl (C=O) groups excluding carboxylic acids is 1. The second-order valence-corrected chi connectivity index (χ2v) is 7.44. The lowest BCUT2D eigenvalue weighted by Gasteiger charge is -2.16. The van der Waals surface area contributed by atoms with Crippen molar-refractivity contribution in [2.45, 2.75) is 12.8 Å². The van der Waals surface area contributed by atoms with Crippen LogP contribution in [-0.2, 0) is 7.05 Å². The fourth-order valence-electron chi connectivity index (χ4n) is 3.77. The van der Waals surface area contributed by atoms with Gasteiger partial charge in [-0.05, 0) is 43.2 Å². The van der Waals surface area contributed by atoms with Gasteiger partial charge in [0.1, 0.15) is 5.82 Å². The monoisotopic (exact) mass is 399 g/mol. The van der Waals surface area contributed by atoms with Crippen LogP contribution < -0.4 is 10.2 Å². The zero-order chi connectivity index (χ0) is 20.5. The molecule has 0 saturated carbocycles. The molecule has 5 rings (SSSR count). The van der Waals surface area contributed by atoms with E-state index in [0.29, 0.717) is 11.4 Å². The maximum absolute atomic E-state index is 12.8. The standard InChI is InChI=1S/C22H21N7O/c1-28-14-23-13-19(28)15-4-5-18-17(10-15)11-20(27-26-18)25-22(30)16-6-7-24-21(12-16)29-8-2-3-9-29/h4-7,10-14H,2-3,8-9H2,1H3,(H,25,27,30). The molecule has 3 aromatic heterocycles. The third-order valence-electron chi connectivity index (χ3n) is 5.38. The highest BCUT2D eigenvalue weighted by molar-refractivity contribution is 6.04. The summed E-state index contributed by atoms with van der Waals surface area (Å²) in [7, 11) is 1.95. The smallest absolute Gasteiger partial charge is 0.257 e. The summed E-state index contributed by atoms with van der Waals surface area (Å²) in [6.45, 7) is 1.96. The third kappa shape index (κ3) is 3.47. The van der Waals surface area contributed by atoms with Crippen molar-refractivity contribution in [3.63, 3.8) is 0 Å². The number of hydrogen-bond acceptors (Lipinski definition) is 6. The molecule has 0 radical (unpaired) electrons. The summed E-state index contributed by atoms with van der Waals surface area (Å²) in [5.74, 6) is 1.02. The van der Waals surface area contributed by atoms with Crippen molar-refractivity contribution in [2.75, 3.05) is 23.3 Å². The Balaban J connectivity index is 1.40. The van der Waals surface area contributed by atoms with Crippen LogP contribution in [0.5, 0.6) is 0 Å². The van der Waals surface area contributed by atoms with Gasteiger partial charge in [-0.25, -0.2) is 9.97 Å². The average molecular weight is 399 g/mol. The van der Waals surface area contributed by atoms with Crippen molar-refractivity contribution >= 4 is 28.4 Å². The van der Waals surface area contributed by atoms with Crippen LogP contribution in [0.3, 0.4) is 0 Å². The number of anilines is 2. The zero-order valence-corrected chi connectivity index (χ0v) is 16.6. The summed E-state index contributed by atoms with van der Waals surface area (Å²) in [4.78, 5) is 23.6. The molecule has 1 aromatic carbocycles. The van der Waals surface area contributed by atoms with Crippen LogP contribution >= 0.6 is 0 Å². The Morgan fingerprint density at radius 3 is 2.73 bits per heavy atom. The molecule has 0 atom stereocenters. The van der Waals surface area contributed by atoms with E-state index in [1.165, 1.54) is 0 Å². The molecule has 150 valence electrons. The molecule has 30 heavy (non-hydrogen) atoms. The van der Waals surface area contributed by atoms with E-state index in [9.17, 15) is 4.79 Å². The Hall–Kier alpha value is -3.81. The first-order valence-electron chi connectivity index (χ1n) is 9.94. The van der Waals surface area contributed by atoms with E-state index in [4.69, 9.17) is 0 Å². The number of imidazole rings is 1. The van der Waals surface area contributed by atoms with Gasteiger partial charge in [-0.2, -0.15) is 0 Å². The van der Waals surface area contributed by atoms with Crippen molar-refractivity contribution in [3.8, 4) is 11.3 Å². The molecule has 0 aliphatic carbocycles. The summed E-state index contributed by atoms with van der Waals surface area (Å²) in [5, 5.41) is 12.2. The van der Waals surface area contributed by atoms with Crippen LogP contribution in [0, 0.1) is 0 Å². The molecule has 0 unspecified atom stereocenters. The second kappa shape index (κ2) is 7.55. The fraction of sp³-hybridized carbons (Fsp3) is 0.227. The van der Waals surface area contributed by atoms with Gasteiger partial charge in [-0.15, -0.1) is 10.2 Å².